The third-order valence-electron chi connectivity index (χ3n) is 8.19. The van der Waals surface area contributed by atoms with Crippen molar-refractivity contribution in [1.29, 1.82) is 0 Å². The average Bonchev–Trinajstić information content (AvgIpc) is 2.97. The third-order valence-corrected chi connectivity index (χ3v) is 8.44. The van der Waals surface area contributed by atoms with E-state index in [1.165, 1.54) is 5.69 Å². The SMILES string of the molecule is O=C(C[C@@H]1CCN2C[C@@H]1CCCOc1ccc(N3CCNCC3)cc1CNCC2=O)NCc1ccc(Cl)cc1. The average molecular weight is 554 g/mol. The smallest absolute Gasteiger partial charge is 0.236 e. The number of ether oxygens (including phenoxy) is 1. The molecule has 0 aromatic heterocycles. The largest absolute Gasteiger partial charge is 0.493 e. The van der Waals surface area contributed by atoms with Gasteiger partial charge < -0.3 is 30.5 Å². The lowest BCUT2D eigenvalue weighted by atomic mass is 9.80. The van der Waals surface area contributed by atoms with E-state index < -0.39 is 0 Å². The van der Waals surface area contributed by atoms with Gasteiger partial charge in [0.25, 0.3) is 0 Å². The van der Waals surface area contributed by atoms with E-state index in [4.69, 9.17) is 16.3 Å². The van der Waals surface area contributed by atoms with Gasteiger partial charge in [-0.2, -0.15) is 0 Å². The van der Waals surface area contributed by atoms with Crippen LogP contribution in [0.2, 0.25) is 5.02 Å². The molecular weight excluding hydrogens is 514 g/mol. The number of halogens is 1. The number of nitrogens with one attached hydrogen (secondary N) is 3. The predicted molar refractivity (Wildman–Crippen MR) is 154 cm³/mol. The van der Waals surface area contributed by atoms with Crippen LogP contribution >= 0.6 is 11.6 Å². The molecule has 2 saturated heterocycles. The van der Waals surface area contributed by atoms with Crippen molar-refractivity contribution in [2.24, 2.45) is 11.8 Å². The molecule has 0 unspecified atom stereocenters. The van der Waals surface area contributed by atoms with Gasteiger partial charge in [0.05, 0.1) is 13.2 Å². The van der Waals surface area contributed by atoms with Crippen molar-refractivity contribution >= 4 is 29.1 Å². The number of piperazine rings is 1. The summed E-state index contributed by atoms with van der Waals surface area (Å²) in [5.41, 5.74) is 3.32. The first-order chi connectivity index (χ1) is 19.0. The molecule has 0 aliphatic carbocycles. The molecule has 2 bridgehead atoms. The minimum absolute atomic E-state index is 0.0600. The van der Waals surface area contributed by atoms with E-state index in [9.17, 15) is 9.59 Å². The fourth-order valence-electron chi connectivity index (χ4n) is 5.92. The fourth-order valence-corrected chi connectivity index (χ4v) is 6.05. The number of anilines is 1. The first-order valence-electron chi connectivity index (χ1n) is 14.3. The summed E-state index contributed by atoms with van der Waals surface area (Å²) in [6.07, 6.45) is 3.15. The van der Waals surface area contributed by atoms with Gasteiger partial charge in [-0.1, -0.05) is 23.7 Å². The van der Waals surface area contributed by atoms with Crippen molar-refractivity contribution in [2.45, 2.75) is 38.8 Å². The highest BCUT2D eigenvalue weighted by molar-refractivity contribution is 6.30. The van der Waals surface area contributed by atoms with E-state index in [1.54, 1.807) is 0 Å². The molecule has 5 rings (SSSR count). The molecule has 2 atom stereocenters. The highest BCUT2D eigenvalue weighted by atomic mass is 35.5. The lowest BCUT2D eigenvalue weighted by molar-refractivity contribution is -0.133. The lowest BCUT2D eigenvalue weighted by Gasteiger charge is -2.38. The van der Waals surface area contributed by atoms with Crippen molar-refractivity contribution in [3.63, 3.8) is 0 Å². The molecule has 3 aliphatic heterocycles. The van der Waals surface area contributed by atoms with Crippen LogP contribution < -0.4 is 25.6 Å². The van der Waals surface area contributed by atoms with E-state index in [2.05, 4.69) is 39.0 Å². The molecule has 2 fully saturated rings. The van der Waals surface area contributed by atoms with Crippen molar-refractivity contribution in [1.82, 2.24) is 20.9 Å². The van der Waals surface area contributed by atoms with Crippen molar-refractivity contribution in [2.75, 3.05) is 57.3 Å². The Bertz CT molecular complexity index is 1120. The number of nitrogens with zero attached hydrogens (tertiary/aromatic N) is 2. The van der Waals surface area contributed by atoms with Crippen molar-refractivity contribution in [3.05, 3.63) is 58.6 Å². The molecule has 0 saturated carbocycles. The Kier molecular flexibility index (Phi) is 9.61. The zero-order valence-corrected chi connectivity index (χ0v) is 23.3. The van der Waals surface area contributed by atoms with E-state index in [0.29, 0.717) is 50.8 Å². The molecule has 9 heteroatoms. The number of benzene rings is 2. The Balaban J connectivity index is 1.20. The summed E-state index contributed by atoms with van der Waals surface area (Å²) in [7, 11) is 0. The van der Waals surface area contributed by atoms with Crippen molar-refractivity contribution < 1.29 is 14.3 Å². The second-order valence-electron chi connectivity index (χ2n) is 10.9. The maximum absolute atomic E-state index is 13.1. The van der Waals surface area contributed by atoms with E-state index in [-0.39, 0.29) is 23.7 Å². The summed E-state index contributed by atoms with van der Waals surface area (Å²) < 4.78 is 6.26. The monoisotopic (exact) mass is 553 g/mol. The number of piperidine rings is 1. The molecule has 39 heavy (non-hydrogen) atoms. The van der Waals surface area contributed by atoms with Crippen LogP contribution in [0, 0.1) is 11.8 Å². The van der Waals surface area contributed by atoms with Crippen molar-refractivity contribution in [3.8, 4) is 5.75 Å². The van der Waals surface area contributed by atoms with Crippen LogP contribution in [0.4, 0.5) is 5.69 Å². The van der Waals surface area contributed by atoms with Gasteiger partial charge in [0.1, 0.15) is 5.75 Å². The van der Waals surface area contributed by atoms with Gasteiger partial charge in [-0.3, -0.25) is 9.59 Å². The number of carbonyl (C=O) groups is 2. The summed E-state index contributed by atoms with van der Waals surface area (Å²) in [4.78, 5) is 30.3. The quantitative estimate of drug-likeness (QED) is 0.527. The molecule has 2 aromatic carbocycles. The first-order valence-corrected chi connectivity index (χ1v) is 14.6. The number of fused-ring (bicyclic) bond motifs is 3. The second-order valence-corrected chi connectivity index (χ2v) is 11.3. The van der Waals surface area contributed by atoms with E-state index in [0.717, 1.165) is 62.3 Å². The molecular formula is C30H40ClN5O3. The minimum atomic E-state index is 0.0600. The molecule has 2 aromatic rings. The highest BCUT2D eigenvalue weighted by Gasteiger charge is 2.32. The minimum Gasteiger partial charge on any atom is -0.493 e. The van der Waals surface area contributed by atoms with Gasteiger partial charge in [0.2, 0.25) is 11.8 Å². The molecule has 3 aliphatic rings. The number of rotatable bonds is 5. The number of hydrogen-bond acceptors (Lipinski definition) is 6. The van der Waals surface area contributed by atoms with Crippen LogP contribution in [-0.4, -0.2) is 69.1 Å². The summed E-state index contributed by atoms with van der Waals surface area (Å²) in [6, 6.07) is 14.0. The molecule has 2 amide bonds. The summed E-state index contributed by atoms with van der Waals surface area (Å²) >= 11 is 5.97. The Morgan fingerprint density at radius 1 is 1.00 bits per heavy atom. The van der Waals surface area contributed by atoms with Gasteiger partial charge >= 0.3 is 0 Å². The van der Waals surface area contributed by atoms with Gasteiger partial charge in [0.15, 0.2) is 0 Å². The number of amides is 2. The van der Waals surface area contributed by atoms with Gasteiger partial charge in [-0.25, -0.2) is 0 Å². The van der Waals surface area contributed by atoms with Crippen LogP contribution in [0.5, 0.6) is 5.75 Å². The topological polar surface area (TPSA) is 85.9 Å². The van der Waals surface area contributed by atoms with E-state index in [1.807, 2.05) is 29.2 Å². The normalized spacial score (nSPS) is 22.5. The second kappa shape index (κ2) is 13.5. The molecule has 8 nitrogen and oxygen atoms in total. The maximum atomic E-state index is 13.1. The van der Waals surface area contributed by atoms with Crippen LogP contribution in [0.25, 0.3) is 0 Å². The maximum Gasteiger partial charge on any atom is 0.236 e. The Hall–Kier alpha value is -2.81. The zero-order valence-electron chi connectivity index (χ0n) is 22.6. The standard InChI is InChI=1S/C30H40ClN5O3/c31-26-5-3-22(4-6-26)18-34-29(37)17-23-9-12-36-21-24(23)2-1-15-39-28-8-7-27(35-13-10-32-11-14-35)16-25(28)19-33-20-30(36)38/h3-8,16,23-24,32-33H,1-2,9-15,17-21H2,(H,34,37)/t23-,24-/m0/s1. The zero-order chi connectivity index (χ0) is 27.0. The summed E-state index contributed by atoms with van der Waals surface area (Å²) in [5, 5.41) is 10.5. The van der Waals surface area contributed by atoms with Gasteiger partial charge in [0, 0.05) is 75.1 Å². The van der Waals surface area contributed by atoms with Gasteiger partial charge in [-0.05, 0) is 67.0 Å². The Morgan fingerprint density at radius 3 is 2.64 bits per heavy atom. The Labute approximate surface area is 236 Å². The number of carbonyl (C=O) groups excluding carboxylic acids is 2. The van der Waals surface area contributed by atoms with Crippen LogP contribution in [0.1, 0.15) is 36.8 Å². The molecule has 0 radical (unpaired) electrons. The first kappa shape index (κ1) is 27.7. The number of hydrogen-bond donors (Lipinski definition) is 3. The molecule has 3 N–H and O–H groups in total. The molecule has 0 spiro atoms. The van der Waals surface area contributed by atoms with Crippen LogP contribution in [-0.2, 0) is 22.7 Å². The van der Waals surface area contributed by atoms with Crippen LogP contribution in [0.3, 0.4) is 0 Å². The van der Waals surface area contributed by atoms with Crippen LogP contribution in [0.15, 0.2) is 42.5 Å². The highest BCUT2D eigenvalue weighted by Crippen LogP contribution is 2.31. The fraction of sp³-hybridized carbons (Fsp3) is 0.533. The Morgan fingerprint density at radius 2 is 1.82 bits per heavy atom. The summed E-state index contributed by atoms with van der Waals surface area (Å²) in [5.74, 6) is 1.61. The summed E-state index contributed by atoms with van der Waals surface area (Å²) in [6.45, 7) is 7.37. The molecule has 210 valence electrons. The molecule has 3 heterocycles. The van der Waals surface area contributed by atoms with E-state index >= 15 is 0 Å². The predicted octanol–water partition coefficient (Wildman–Crippen LogP) is 3.18. The van der Waals surface area contributed by atoms with Gasteiger partial charge in [-0.15, -0.1) is 0 Å². The lowest BCUT2D eigenvalue weighted by Crippen LogP contribution is -2.47. The third kappa shape index (κ3) is 7.65.